The number of hydrogen-bond acceptors (Lipinski definition) is 3. The van der Waals surface area contributed by atoms with E-state index < -0.39 is 0 Å². The van der Waals surface area contributed by atoms with Crippen molar-refractivity contribution in [1.82, 2.24) is 4.98 Å². The first-order valence-electron chi connectivity index (χ1n) is 5.48. The first kappa shape index (κ1) is 12.7. The zero-order valence-electron chi connectivity index (χ0n) is 10.1. The van der Waals surface area contributed by atoms with Gasteiger partial charge in [-0.25, -0.2) is 4.98 Å². The second-order valence-corrected chi connectivity index (χ2v) is 6.13. The number of aryl methyl sites for hydroxylation is 2. The second-order valence-electron chi connectivity index (χ2n) is 4.24. The SMILES string of the molecule is Cc1ccc(-c2nc(C)c(C(C)N)s2)c(Br)c1. The second kappa shape index (κ2) is 4.88. The van der Waals surface area contributed by atoms with Crippen LogP contribution in [0.1, 0.15) is 29.1 Å². The van der Waals surface area contributed by atoms with Crippen LogP contribution < -0.4 is 5.73 Å². The summed E-state index contributed by atoms with van der Waals surface area (Å²) in [5.74, 6) is 0. The van der Waals surface area contributed by atoms with Gasteiger partial charge in [-0.2, -0.15) is 0 Å². The highest BCUT2D eigenvalue weighted by atomic mass is 79.9. The van der Waals surface area contributed by atoms with Crippen molar-refractivity contribution < 1.29 is 0 Å². The molecule has 17 heavy (non-hydrogen) atoms. The number of hydrogen-bond donors (Lipinski definition) is 1. The minimum atomic E-state index is 0.0467. The van der Waals surface area contributed by atoms with E-state index in [2.05, 4.69) is 46.0 Å². The fourth-order valence-electron chi connectivity index (χ4n) is 1.74. The third-order valence-corrected chi connectivity index (χ3v) is 4.65. The van der Waals surface area contributed by atoms with Crippen LogP contribution >= 0.6 is 27.3 Å². The Hall–Kier alpha value is -0.710. The van der Waals surface area contributed by atoms with Gasteiger partial charge in [-0.1, -0.05) is 28.1 Å². The molecule has 1 unspecified atom stereocenters. The molecule has 0 radical (unpaired) electrons. The maximum atomic E-state index is 5.93. The monoisotopic (exact) mass is 310 g/mol. The third-order valence-electron chi connectivity index (χ3n) is 2.60. The van der Waals surface area contributed by atoms with Gasteiger partial charge in [0.2, 0.25) is 0 Å². The van der Waals surface area contributed by atoms with Crippen molar-refractivity contribution in [3.8, 4) is 10.6 Å². The molecule has 0 spiro atoms. The molecule has 0 bridgehead atoms. The summed E-state index contributed by atoms with van der Waals surface area (Å²) in [4.78, 5) is 5.76. The van der Waals surface area contributed by atoms with E-state index in [0.29, 0.717) is 0 Å². The molecule has 2 aromatic rings. The minimum Gasteiger partial charge on any atom is -0.323 e. The summed E-state index contributed by atoms with van der Waals surface area (Å²) >= 11 is 5.26. The van der Waals surface area contributed by atoms with Crippen LogP contribution in [0.3, 0.4) is 0 Å². The number of aromatic nitrogens is 1. The summed E-state index contributed by atoms with van der Waals surface area (Å²) in [5.41, 5.74) is 9.33. The summed E-state index contributed by atoms with van der Waals surface area (Å²) in [7, 11) is 0. The first-order chi connectivity index (χ1) is 7.99. The van der Waals surface area contributed by atoms with Gasteiger partial charge in [0.15, 0.2) is 0 Å². The number of rotatable bonds is 2. The largest absolute Gasteiger partial charge is 0.323 e. The van der Waals surface area contributed by atoms with Gasteiger partial charge in [0.05, 0.1) is 5.69 Å². The van der Waals surface area contributed by atoms with Crippen LogP contribution in [-0.2, 0) is 0 Å². The normalized spacial score (nSPS) is 12.8. The topological polar surface area (TPSA) is 38.9 Å². The minimum absolute atomic E-state index is 0.0467. The van der Waals surface area contributed by atoms with Gasteiger partial charge in [-0.05, 0) is 32.4 Å². The summed E-state index contributed by atoms with van der Waals surface area (Å²) in [5, 5.41) is 1.03. The Bertz CT molecular complexity index is 546. The number of nitrogens with zero attached hydrogens (tertiary/aromatic N) is 1. The maximum absolute atomic E-state index is 5.93. The van der Waals surface area contributed by atoms with E-state index in [1.165, 1.54) is 5.56 Å². The number of nitrogens with two attached hydrogens (primary N) is 1. The number of benzene rings is 1. The zero-order valence-corrected chi connectivity index (χ0v) is 12.5. The molecule has 2 rings (SSSR count). The highest BCUT2D eigenvalue weighted by Gasteiger charge is 2.14. The molecule has 1 heterocycles. The maximum Gasteiger partial charge on any atom is 0.125 e. The molecular weight excluding hydrogens is 296 g/mol. The van der Waals surface area contributed by atoms with Crippen molar-refractivity contribution in [2.24, 2.45) is 5.73 Å². The molecular formula is C13H15BrN2S. The lowest BCUT2D eigenvalue weighted by molar-refractivity contribution is 0.825. The first-order valence-corrected chi connectivity index (χ1v) is 7.09. The lowest BCUT2D eigenvalue weighted by atomic mass is 10.2. The molecule has 0 aliphatic rings. The predicted molar refractivity (Wildman–Crippen MR) is 77.3 cm³/mol. The van der Waals surface area contributed by atoms with E-state index in [-0.39, 0.29) is 6.04 Å². The molecule has 2 N–H and O–H groups in total. The average molecular weight is 311 g/mol. The molecule has 1 aromatic heterocycles. The fraction of sp³-hybridized carbons (Fsp3) is 0.308. The van der Waals surface area contributed by atoms with Gasteiger partial charge < -0.3 is 5.73 Å². The Morgan fingerprint density at radius 2 is 2.06 bits per heavy atom. The highest BCUT2D eigenvalue weighted by molar-refractivity contribution is 9.10. The molecule has 0 saturated heterocycles. The summed E-state index contributed by atoms with van der Waals surface area (Å²) in [6.07, 6.45) is 0. The lowest BCUT2D eigenvalue weighted by Gasteiger charge is -2.02. The molecule has 0 fully saturated rings. The smallest absolute Gasteiger partial charge is 0.125 e. The van der Waals surface area contributed by atoms with E-state index >= 15 is 0 Å². The lowest BCUT2D eigenvalue weighted by Crippen LogP contribution is -2.03. The standard InChI is InChI=1S/C13H15BrN2S/c1-7-4-5-10(11(14)6-7)13-16-9(3)12(17-13)8(2)15/h4-6,8H,15H2,1-3H3. The Morgan fingerprint density at radius 1 is 1.35 bits per heavy atom. The van der Waals surface area contributed by atoms with Crippen molar-refractivity contribution in [3.63, 3.8) is 0 Å². The van der Waals surface area contributed by atoms with Crippen molar-refractivity contribution in [3.05, 3.63) is 38.8 Å². The van der Waals surface area contributed by atoms with Gasteiger partial charge >= 0.3 is 0 Å². The van der Waals surface area contributed by atoms with Gasteiger partial charge in [-0.15, -0.1) is 11.3 Å². The van der Waals surface area contributed by atoms with Crippen molar-refractivity contribution >= 4 is 27.3 Å². The van der Waals surface area contributed by atoms with Gasteiger partial charge in [0.25, 0.3) is 0 Å². The van der Waals surface area contributed by atoms with E-state index in [0.717, 1.165) is 25.6 Å². The Balaban J connectivity index is 2.50. The molecule has 90 valence electrons. The molecule has 0 aliphatic heterocycles. The van der Waals surface area contributed by atoms with E-state index in [1.807, 2.05) is 13.8 Å². The average Bonchev–Trinajstić information content (AvgIpc) is 2.60. The van der Waals surface area contributed by atoms with Crippen LogP contribution in [-0.4, -0.2) is 4.98 Å². The summed E-state index contributed by atoms with van der Waals surface area (Å²) in [6.45, 7) is 6.09. The zero-order chi connectivity index (χ0) is 12.6. The van der Waals surface area contributed by atoms with Crippen molar-refractivity contribution in [2.75, 3.05) is 0 Å². The molecule has 0 aliphatic carbocycles. The van der Waals surface area contributed by atoms with Crippen LogP contribution in [0.5, 0.6) is 0 Å². The van der Waals surface area contributed by atoms with Gasteiger partial charge in [0.1, 0.15) is 5.01 Å². The Morgan fingerprint density at radius 3 is 2.59 bits per heavy atom. The molecule has 4 heteroatoms. The van der Waals surface area contributed by atoms with Crippen molar-refractivity contribution in [1.29, 1.82) is 0 Å². The van der Waals surface area contributed by atoms with Crippen LogP contribution in [0.25, 0.3) is 10.6 Å². The molecule has 2 nitrogen and oxygen atoms in total. The molecule has 1 aromatic carbocycles. The fourth-order valence-corrected chi connectivity index (χ4v) is 3.61. The predicted octanol–water partition coefficient (Wildman–Crippen LogP) is 4.21. The van der Waals surface area contributed by atoms with Crippen LogP contribution in [0.2, 0.25) is 0 Å². The van der Waals surface area contributed by atoms with Crippen LogP contribution in [0.4, 0.5) is 0 Å². The van der Waals surface area contributed by atoms with Crippen LogP contribution in [0.15, 0.2) is 22.7 Å². The number of halogens is 1. The number of thiazole rings is 1. The van der Waals surface area contributed by atoms with E-state index in [4.69, 9.17) is 5.73 Å². The summed E-state index contributed by atoms with van der Waals surface area (Å²) in [6, 6.07) is 6.35. The van der Waals surface area contributed by atoms with Gasteiger partial charge in [0, 0.05) is 21.0 Å². The molecule has 0 saturated carbocycles. The summed E-state index contributed by atoms with van der Waals surface area (Å²) < 4.78 is 1.09. The third kappa shape index (κ3) is 2.59. The van der Waals surface area contributed by atoms with E-state index in [1.54, 1.807) is 11.3 Å². The molecule has 0 amide bonds. The van der Waals surface area contributed by atoms with Crippen LogP contribution in [0, 0.1) is 13.8 Å². The molecule has 1 atom stereocenters. The van der Waals surface area contributed by atoms with E-state index in [9.17, 15) is 0 Å². The Labute approximate surface area is 114 Å². The highest BCUT2D eigenvalue weighted by Crippen LogP contribution is 2.35. The Kier molecular flexibility index (Phi) is 3.66. The van der Waals surface area contributed by atoms with Crippen molar-refractivity contribution in [2.45, 2.75) is 26.8 Å². The van der Waals surface area contributed by atoms with Gasteiger partial charge in [-0.3, -0.25) is 0 Å². The quantitative estimate of drug-likeness (QED) is 0.902.